The summed E-state index contributed by atoms with van der Waals surface area (Å²) in [6, 6.07) is 23.0. The number of unbranched alkanes of at least 4 members (excludes halogenated alkanes) is 6. The van der Waals surface area contributed by atoms with Crippen molar-refractivity contribution < 1.29 is 0 Å². The highest BCUT2D eigenvalue weighted by atomic mass is 32.1. The molecule has 39 heavy (non-hydrogen) atoms. The van der Waals surface area contributed by atoms with Crippen molar-refractivity contribution in [2.45, 2.75) is 78.1 Å². The molecular weight excluding hydrogens is 533 g/mol. The maximum Gasteiger partial charge on any atom is 0.0584 e. The lowest BCUT2D eigenvalue weighted by Crippen LogP contribution is -1.92. The zero-order chi connectivity index (χ0) is 27.2. The summed E-state index contributed by atoms with van der Waals surface area (Å²) in [5, 5.41) is 0. The third-order valence-corrected chi connectivity index (χ3v) is 11.2. The number of nitrogens with zero attached hydrogens (tertiary/aromatic N) is 2. The summed E-state index contributed by atoms with van der Waals surface area (Å²) in [4.78, 5) is 8.41. The number of thiophene rings is 3. The van der Waals surface area contributed by atoms with E-state index in [1.54, 1.807) is 0 Å². The van der Waals surface area contributed by atoms with Gasteiger partial charge in [-0.1, -0.05) is 52.4 Å². The summed E-state index contributed by atoms with van der Waals surface area (Å²) in [7, 11) is 4.42. The molecule has 5 aromatic rings. The Morgan fingerprint density at radius 1 is 0.436 bits per heavy atom. The number of aromatic nitrogens is 2. The van der Waals surface area contributed by atoms with Gasteiger partial charge in [0.05, 0.1) is 42.3 Å². The fourth-order valence-electron chi connectivity index (χ4n) is 5.38. The molecule has 0 saturated heterocycles. The summed E-state index contributed by atoms with van der Waals surface area (Å²) in [6.45, 7) is 4.56. The van der Waals surface area contributed by atoms with Crippen LogP contribution in [0, 0.1) is 0 Å². The van der Waals surface area contributed by atoms with E-state index in [-0.39, 0.29) is 0 Å². The van der Waals surface area contributed by atoms with Gasteiger partial charge in [-0.15, -0.1) is 34.0 Å². The molecule has 5 heteroatoms. The molecule has 5 heterocycles. The number of hydrogen-bond donors (Lipinski definition) is 0. The van der Waals surface area contributed by atoms with Crippen LogP contribution < -0.4 is 0 Å². The molecule has 0 spiro atoms. The van der Waals surface area contributed by atoms with E-state index in [9.17, 15) is 0 Å². The minimum atomic E-state index is 1.21. The van der Waals surface area contributed by atoms with E-state index >= 15 is 0 Å². The molecule has 0 aliphatic heterocycles. The monoisotopic (exact) mass is 574 g/mol. The van der Waals surface area contributed by atoms with Crippen LogP contribution in [0.4, 0.5) is 0 Å². The van der Waals surface area contributed by atoms with E-state index in [0.29, 0.717) is 0 Å². The molecular formula is C34H42N2S3. The molecule has 0 unspecified atom stereocenters. The average molecular weight is 575 g/mol. The first-order valence-electron chi connectivity index (χ1n) is 14.7. The van der Waals surface area contributed by atoms with Crippen molar-refractivity contribution in [3.63, 3.8) is 0 Å². The first-order valence-corrected chi connectivity index (χ1v) is 17.1. The van der Waals surface area contributed by atoms with Gasteiger partial charge in [0.1, 0.15) is 0 Å². The second-order valence-electron chi connectivity index (χ2n) is 10.6. The van der Waals surface area contributed by atoms with E-state index in [0.717, 1.165) is 0 Å². The zero-order valence-corrected chi connectivity index (χ0v) is 26.4. The third kappa shape index (κ3) is 6.53. The topological polar surface area (TPSA) is 9.86 Å². The van der Waals surface area contributed by atoms with Gasteiger partial charge in [-0.2, -0.15) is 0 Å². The van der Waals surface area contributed by atoms with E-state index in [4.69, 9.17) is 0 Å². The lowest BCUT2D eigenvalue weighted by molar-refractivity contribution is 0.670. The quantitative estimate of drug-likeness (QED) is 0.117. The molecule has 0 N–H and O–H groups in total. The van der Waals surface area contributed by atoms with Crippen molar-refractivity contribution in [1.82, 2.24) is 9.13 Å². The van der Waals surface area contributed by atoms with Gasteiger partial charge in [0.2, 0.25) is 0 Å². The Kier molecular flexibility index (Phi) is 9.65. The molecule has 0 saturated carbocycles. The van der Waals surface area contributed by atoms with Gasteiger partial charge in [0.15, 0.2) is 0 Å². The van der Waals surface area contributed by atoms with Crippen LogP contribution in [0.5, 0.6) is 0 Å². The van der Waals surface area contributed by atoms with Crippen LogP contribution in [0.2, 0.25) is 0 Å². The van der Waals surface area contributed by atoms with Gasteiger partial charge in [-0.05, 0) is 86.3 Å². The molecule has 0 amide bonds. The van der Waals surface area contributed by atoms with Crippen LogP contribution in [0.1, 0.15) is 75.0 Å². The fraction of sp³-hybridized carbons (Fsp3) is 0.412. The van der Waals surface area contributed by atoms with Gasteiger partial charge in [0, 0.05) is 23.8 Å². The summed E-state index contributed by atoms with van der Waals surface area (Å²) in [5.74, 6) is 0. The summed E-state index contributed by atoms with van der Waals surface area (Å²) in [5.41, 5.74) is 5.21. The first kappa shape index (κ1) is 28.2. The van der Waals surface area contributed by atoms with Crippen molar-refractivity contribution in [3.8, 4) is 42.3 Å². The Balaban J connectivity index is 1.29. The predicted molar refractivity (Wildman–Crippen MR) is 175 cm³/mol. The van der Waals surface area contributed by atoms with E-state index in [2.05, 4.69) is 97.7 Å². The second kappa shape index (κ2) is 13.3. The molecule has 2 nitrogen and oxygen atoms in total. The molecule has 0 atom stereocenters. The van der Waals surface area contributed by atoms with Crippen LogP contribution in [-0.2, 0) is 26.9 Å². The number of hydrogen-bond acceptors (Lipinski definition) is 3. The highest BCUT2D eigenvalue weighted by Gasteiger charge is 2.16. The minimum Gasteiger partial charge on any atom is -0.342 e. The SMILES string of the molecule is CCCCCCc1ccc(-c2ccc(-c3ccc(-c4ccc(-c5ccc(CCCCCC)s5)n4C)s3)n2C)s1. The van der Waals surface area contributed by atoms with Crippen molar-refractivity contribution in [2.75, 3.05) is 0 Å². The molecule has 5 aromatic heterocycles. The fourth-order valence-corrected chi connectivity index (χ4v) is 8.73. The number of aryl methyl sites for hydroxylation is 2. The lowest BCUT2D eigenvalue weighted by Gasteiger charge is -2.06. The highest BCUT2D eigenvalue weighted by molar-refractivity contribution is 7.18. The van der Waals surface area contributed by atoms with Crippen LogP contribution in [-0.4, -0.2) is 9.13 Å². The van der Waals surface area contributed by atoms with Crippen LogP contribution in [0.25, 0.3) is 42.3 Å². The Labute approximate surface area is 247 Å². The zero-order valence-electron chi connectivity index (χ0n) is 24.0. The van der Waals surface area contributed by atoms with E-state index in [1.165, 1.54) is 116 Å². The van der Waals surface area contributed by atoms with Crippen molar-refractivity contribution >= 4 is 34.0 Å². The lowest BCUT2D eigenvalue weighted by atomic mass is 10.1. The Morgan fingerprint density at radius 2 is 0.795 bits per heavy atom. The van der Waals surface area contributed by atoms with Crippen LogP contribution in [0.15, 0.2) is 60.7 Å². The largest absolute Gasteiger partial charge is 0.342 e. The molecule has 0 aliphatic carbocycles. The summed E-state index contributed by atoms with van der Waals surface area (Å²) < 4.78 is 4.73. The molecule has 0 fully saturated rings. The standard InChI is InChI=1S/C34H42N2S3/c1-5-7-9-11-13-25-15-21-31(37-25)27-17-19-29(35(27)3)33-23-24-34(39-33)30-20-18-28(36(30)4)32-22-16-26(38-32)14-12-10-8-6-2/h15-24H,5-14H2,1-4H3. The number of rotatable bonds is 14. The second-order valence-corrected chi connectivity index (χ2v) is 14.1. The molecule has 0 aliphatic rings. The summed E-state index contributed by atoms with van der Waals surface area (Å²) in [6.07, 6.45) is 13.0. The molecule has 0 bridgehead atoms. The normalized spacial score (nSPS) is 11.6. The molecule has 0 radical (unpaired) electrons. The smallest absolute Gasteiger partial charge is 0.0584 e. The van der Waals surface area contributed by atoms with Crippen molar-refractivity contribution in [2.24, 2.45) is 14.1 Å². The van der Waals surface area contributed by atoms with Gasteiger partial charge in [-0.3, -0.25) is 0 Å². The maximum atomic E-state index is 2.37. The first-order chi connectivity index (χ1) is 19.1. The van der Waals surface area contributed by atoms with E-state index < -0.39 is 0 Å². The van der Waals surface area contributed by atoms with Gasteiger partial charge in [0.25, 0.3) is 0 Å². The minimum absolute atomic E-state index is 1.21. The maximum absolute atomic E-state index is 2.37. The van der Waals surface area contributed by atoms with Crippen LogP contribution >= 0.6 is 34.0 Å². The van der Waals surface area contributed by atoms with Gasteiger partial charge < -0.3 is 9.13 Å². The van der Waals surface area contributed by atoms with E-state index in [1.807, 2.05) is 34.0 Å². The van der Waals surface area contributed by atoms with Gasteiger partial charge >= 0.3 is 0 Å². The van der Waals surface area contributed by atoms with Crippen LogP contribution in [0.3, 0.4) is 0 Å². The predicted octanol–water partition coefficient (Wildman–Crippen LogP) is 11.5. The van der Waals surface area contributed by atoms with Gasteiger partial charge in [-0.25, -0.2) is 0 Å². The third-order valence-electron chi connectivity index (χ3n) is 7.74. The average Bonchev–Trinajstić information content (AvgIpc) is 3.76. The Bertz CT molecular complexity index is 1360. The molecule has 5 rings (SSSR count). The highest BCUT2D eigenvalue weighted by Crippen LogP contribution is 2.40. The van der Waals surface area contributed by atoms with Crippen molar-refractivity contribution in [3.05, 3.63) is 70.4 Å². The molecule has 0 aromatic carbocycles. The Morgan fingerprint density at radius 3 is 1.18 bits per heavy atom. The summed E-state index contributed by atoms with van der Waals surface area (Å²) >= 11 is 5.81. The van der Waals surface area contributed by atoms with Crippen molar-refractivity contribution in [1.29, 1.82) is 0 Å². The molecule has 206 valence electrons. The Hall–Kier alpha value is -2.34.